The quantitative estimate of drug-likeness (QED) is 0.687. The van der Waals surface area contributed by atoms with Crippen molar-refractivity contribution in [1.82, 2.24) is 0 Å². The van der Waals surface area contributed by atoms with Gasteiger partial charge in [0.25, 0.3) is 0 Å². The van der Waals surface area contributed by atoms with Crippen LogP contribution in [0.3, 0.4) is 0 Å². The second-order valence-corrected chi connectivity index (χ2v) is 2.68. The minimum absolute atomic E-state index is 0.553. The Morgan fingerprint density at radius 3 is 3.00 bits per heavy atom. The van der Waals surface area contributed by atoms with Crippen molar-refractivity contribution < 1.29 is 4.42 Å². The van der Waals surface area contributed by atoms with Gasteiger partial charge in [0.1, 0.15) is 0 Å². The summed E-state index contributed by atoms with van der Waals surface area (Å²) < 4.78 is 4.92. The Balaban J connectivity index is 2.40. The van der Waals surface area contributed by atoms with Crippen LogP contribution in [0.25, 0.3) is 0 Å². The van der Waals surface area contributed by atoms with E-state index in [2.05, 4.69) is 6.92 Å². The van der Waals surface area contributed by atoms with E-state index in [1.807, 2.05) is 6.07 Å². The molecule has 0 aliphatic rings. The van der Waals surface area contributed by atoms with Gasteiger partial charge in [0.05, 0.1) is 12.5 Å². The molecule has 0 saturated carbocycles. The molecule has 2 N–H and O–H groups in total. The Hall–Kier alpha value is -0.760. The fraction of sp³-hybridized carbons (Fsp3) is 0.500. The Labute approximate surface area is 61.0 Å². The lowest BCUT2D eigenvalue weighted by Crippen LogP contribution is -2.12. The maximum atomic E-state index is 5.46. The van der Waals surface area contributed by atoms with E-state index in [1.54, 1.807) is 12.5 Å². The summed E-state index contributed by atoms with van der Waals surface area (Å²) in [6.07, 6.45) is 4.48. The lowest BCUT2D eigenvalue weighted by Gasteiger charge is -2.03. The third kappa shape index (κ3) is 1.88. The van der Waals surface area contributed by atoms with Crippen molar-refractivity contribution in [3.63, 3.8) is 0 Å². The van der Waals surface area contributed by atoms with Gasteiger partial charge in [-0.25, -0.2) is 0 Å². The maximum Gasteiger partial charge on any atom is 0.0934 e. The van der Waals surface area contributed by atoms with Gasteiger partial charge in [-0.2, -0.15) is 0 Å². The van der Waals surface area contributed by atoms with Crippen molar-refractivity contribution in [2.45, 2.75) is 13.3 Å². The number of nitrogens with two attached hydrogens (primary N) is 1. The predicted octanol–water partition coefficient (Wildman–Crippen LogP) is 1.42. The first kappa shape index (κ1) is 7.35. The molecule has 1 heterocycles. The fourth-order valence-corrected chi connectivity index (χ4v) is 0.894. The summed E-state index contributed by atoms with van der Waals surface area (Å²) in [5, 5.41) is 0. The number of furan rings is 1. The maximum absolute atomic E-state index is 5.46. The molecule has 0 aliphatic heterocycles. The summed E-state index contributed by atoms with van der Waals surface area (Å²) in [4.78, 5) is 0. The molecule has 0 aliphatic carbocycles. The van der Waals surface area contributed by atoms with Gasteiger partial charge < -0.3 is 10.2 Å². The average molecular weight is 139 g/mol. The molecule has 2 heteroatoms. The summed E-state index contributed by atoms with van der Waals surface area (Å²) in [6, 6.07) is 1.98. The van der Waals surface area contributed by atoms with Crippen LogP contribution >= 0.6 is 0 Å². The van der Waals surface area contributed by atoms with E-state index in [0.29, 0.717) is 5.92 Å². The van der Waals surface area contributed by atoms with E-state index < -0.39 is 0 Å². The van der Waals surface area contributed by atoms with Crippen LogP contribution in [0.15, 0.2) is 23.0 Å². The lowest BCUT2D eigenvalue weighted by atomic mass is 10.0. The molecule has 56 valence electrons. The first-order chi connectivity index (χ1) is 4.83. The van der Waals surface area contributed by atoms with E-state index in [4.69, 9.17) is 10.2 Å². The van der Waals surface area contributed by atoms with Crippen molar-refractivity contribution in [3.05, 3.63) is 24.2 Å². The van der Waals surface area contributed by atoms with Crippen molar-refractivity contribution in [2.75, 3.05) is 6.54 Å². The van der Waals surface area contributed by atoms with Crippen LogP contribution in [0.2, 0.25) is 0 Å². The predicted molar refractivity (Wildman–Crippen MR) is 40.6 cm³/mol. The molecule has 1 atom stereocenters. The zero-order valence-corrected chi connectivity index (χ0v) is 6.21. The highest BCUT2D eigenvalue weighted by Crippen LogP contribution is 2.06. The summed E-state index contributed by atoms with van der Waals surface area (Å²) >= 11 is 0. The summed E-state index contributed by atoms with van der Waals surface area (Å²) in [5.41, 5.74) is 6.69. The summed E-state index contributed by atoms with van der Waals surface area (Å²) in [5.74, 6) is 0.553. The van der Waals surface area contributed by atoms with Crippen LogP contribution in [-0.2, 0) is 6.42 Å². The Kier molecular flexibility index (Phi) is 2.51. The van der Waals surface area contributed by atoms with Gasteiger partial charge in [-0.3, -0.25) is 0 Å². The second-order valence-electron chi connectivity index (χ2n) is 2.68. The summed E-state index contributed by atoms with van der Waals surface area (Å²) in [7, 11) is 0. The second kappa shape index (κ2) is 3.42. The van der Waals surface area contributed by atoms with Crippen LogP contribution < -0.4 is 5.73 Å². The van der Waals surface area contributed by atoms with Crippen LogP contribution in [0.4, 0.5) is 0 Å². The van der Waals surface area contributed by atoms with Crippen LogP contribution in [-0.4, -0.2) is 6.54 Å². The molecule has 0 aromatic carbocycles. The van der Waals surface area contributed by atoms with E-state index >= 15 is 0 Å². The van der Waals surface area contributed by atoms with Crippen LogP contribution in [0.5, 0.6) is 0 Å². The molecule has 1 aromatic rings. The van der Waals surface area contributed by atoms with E-state index in [9.17, 15) is 0 Å². The van der Waals surface area contributed by atoms with E-state index in [-0.39, 0.29) is 0 Å². The Morgan fingerprint density at radius 2 is 2.50 bits per heavy atom. The van der Waals surface area contributed by atoms with Crippen molar-refractivity contribution >= 4 is 0 Å². The fourth-order valence-electron chi connectivity index (χ4n) is 0.894. The zero-order chi connectivity index (χ0) is 7.40. The topological polar surface area (TPSA) is 39.2 Å². The third-order valence-corrected chi connectivity index (χ3v) is 1.57. The van der Waals surface area contributed by atoms with Gasteiger partial charge in [-0.15, -0.1) is 0 Å². The van der Waals surface area contributed by atoms with Gasteiger partial charge >= 0.3 is 0 Å². The van der Waals surface area contributed by atoms with Gasteiger partial charge in [0.2, 0.25) is 0 Å². The van der Waals surface area contributed by atoms with Crippen LogP contribution in [0.1, 0.15) is 12.5 Å². The van der Waals surface area contributed by atoms with Crippen LogP contribution in [0, 0.1) is 5.92 Å². The van der Waals surface area contributed by atoms with Crippen molar-refractivity contribution in [3.8, 4) is 0 Å². The monoisotopic (exact) mass is 139 g/mol. The molecule has 0 saturated heterocycles. The normalized spacial score (nSPS) is 13.4. The first-order valence-corrected chi connectivity index (χ1v) is 3.54. The molecule has 10 heavy (non-hydrogen) atoms. The van der Waals surface area contributed by atoms with Gasteiger partial charge in [0, 0.05) is 0 Å². The highest BCUT2D eigenvalue weighted by Gasteiger charge is 2.00. The van der Waals surface area contributed by atoms with Gasteiger partial charge in [-0.1, -0.05) is 6.92 Å². The molecule has 0 bridgehead atoms. The summed E-state index contributed by atoms with van der Waals surface area (Å²) in [6.45, 7) is 2.87. The molecule has 2 nitrogen and oxygen atoms in total. The van der Waals surface area contributed by atoms with Gasteiger partial charge in [0.15, 0.2) is 0 Å². The first-order valence-electron chi connectivity index (χ1n) is 3.54. The van der Waals surface area contributed by atoms with E-state index in [0.717, 1.165) is 13.0 Å². The number of hydrogen-bond acceptors (Lipinski definition) is 2. The average Bonchev–Trinajstić information content (AvgIpc) is 2.40. The molecule has 0 spiro atoms. The molecular formula is C8H13NO. The molecule has 1 unspecified atom stereocenters. The molecule has 1 rings (SSSR count). The van der Waals surface area contributed by atoms with Crippen molar-refractivity contribution in [1.29, 1.82) is 0 Å². The Bertz CT molecular complexity index is 169. The number of rotatable bonds is 3. The minimum atomic E-state index is 0.553. The third-order valence-electron chi connectivity index (χ3n) is 1.57. The lowest BCUT2D eigenvalue weighted by molar-refractivity contribution is 0.550. The molecule has 0 radical (unpaired) electrons. The largest absolute Gasteiger partial charge is 0.472 e. The SMILES string of the molecule is CC(CN)Cc1ccoc1. The standard InChI is InChI=1S/C8H13NO/c1-7(5-9)4-8-2-3-10-6-8/h2-3,6-7H,4-5,9H2,1H3. The molecule has 0 fully saturated rings. The van der Waals surface area contributed by atoms with E-state index in [1.165, 1.54) is 5.56 Å². The minimum Gasteiger partial charge on any atom is -0.472 e. The zero-order valence-electron chi connectivity index (χ0n) is 6.21. The van der Waals surface area contributed by atoms with Crippen molar-refractivity contribution in [2.24, 2.45) is 11.7 Å². The smallest absolute Gasteiger partial charge is 0.0934 e. The molecule has 1 aromatic heterocycles. The Morgan fingerprint density at radius 1 is 1.70 bits per heavy atom. The highest BCUT2D eigenvalue weighted by atomic mass is 16.3. The number of hydrogen-bond donors (Lipinski definition) is 1. The van der Waals surface area contributed by atoms with Gasteiger partial charge in [-0.05, 0) is 30.5 Å². The molecular weight excluding hydrogens is 126 g/mol. The highest BCUT2D eigenvalue weighted by molar-refractivity contribution is 5.05. The molecule has 0 amide bonds.